The summed E-state index contributed by atoms with van der Waals surface area (Å²) in [5, 5.41) is 12.0. The summed E-state index contributed by atoms with van der Waals surface area (Å²) in [5.41, 5.74) is 3.67. The third-order valence-corrected chi connectivity index (χ3v) is 3.87. The van der Waals surface area contributed by atoms with Crippen LogP contribution in [0.3, 0.4) is 0 Å². The fraction of sp³-hybridized carbons (Fsp3) is 0.400. The van der Waals surface area contributed by atoms with Crippen LogP contribution in [0.1, 0.15) is 41.6 Å². The average Bonchev–Trinajstić information content (AvgIpc) is 2.78. The van der Waals surface area contributed by atoms with E-state index in [9.17, 15) is 0 Å². The van der Waals surface area contributed by atoms with Crippen LogP contribution >= 0.6 is 11.3 Å². The quantitative estimate of drug-likeness (QED) is 0.895. The fourth-order valence-corrected chi connectivity index (χ4v) is 2.72. The number of hydrogen-bond donors (Lipinski definition) is 1. The van der Waals surface area contributed by atoms with Gasteiger partial charge in [-0.1, -0.05) is 38.1 Å². The third kappa shape index (κ3) is 3.40. The first-order valence-electron chi connectivity index (χ1n) is 6.32. The molecule has 2 aromatic rings. The van der Waals surface area contributed by atoms with Gasteiger partial charge in [-0.2, -0.15) is 0 Å². The molecule has 1 N–H and O–H groups in total. The maximum absolute atomic E-state index is 8.87. The molecule has 0 aliphatic carbocycles. The van der Waals surface area contributed by atoms with E-state index in [0.29, 0.717) is 12.3 Å². The van der Waals surface area contributed by atoms with Crippen LogP contribution < -0.4 is 0 Å². The van der Waals surface area contributed by atoms with Gasteiger partial charge in [-0.3, -0.25) is 0 Å². The van der Waals surface area contributed by atoms with Gasteiger partial charge in [0.15, 0.2) is 0 Å². The number of thiazole rings is 1. The van der Waals surface area contributed by atoms with Crippen molar-refractivity contribution in [2.24, 2.45) is 0 Å². The highest BCUT2D eigenvalue weighted by atomic mass is 32.1. The van der Waals surface area contributed by atoms with Gasteiger partial charge in [-0.25, -0.2) is 4.98 Å². The minimum Gasteiger partial charge on any atom is -0.396 e. The smallest absolute Gasteiger partial charge is 0.0972 e. The van der Waals surface area contributed by atoms with Gasteiger partial charge in [0.1, 0.15) is 0 Å². The van der Waals surface area contributed by atoms with E-state index in [0.717, 1.165) is 17.1 Å². The zero-order valence-electron chi connectivity index (χ0n) is 10.9. The summed E-state index contributed by atoms with van der Waals surface area (Å²) in [6, 6.07) is 8.76. The van der Waals surface area contributed by atoms with Crippen molar-refractivity contribution in [1.29, 1.82) is 0 Å². The van der Waals surface area contributed by atoms with Gasteiger partial charge >= 0.3 is 0 Å². The van der Waals surface area contributed by atoms with E-state index in [1.54, 1.807) is 11.3 Å². The number of benzene rings is 1. The van der Waals surface area contributed by atoms with Crippen LogP contribution in [0.15, 0.2) is 29.6 Å². The Morgan fingerprint density at radius 3 is 2.56 bits per heavy atom. The Hall–Kier alpha value is -1.19. The molecule has 3 heteroatoms. The molecule has 0 spiro atoms. The van der Waals surface area contributed by atoms with Gasteiger partial charge in [0.05, 0.1) is 10.7 Å². The molecule has 0 amide bonds. The number of aromatic nitrogens is 1. The Kier molecular flexibility index (Phi) is 4.50. The lowest BCUT2D eigenvalue weighted by atomic mass is 10.0. The summed E-state index contributed by atoms with van der Waals surface area (Å²) >= 11 is 1.67. The molecule has 0 saturated heterocycles. The topological polar surface area (TPSA) is 33.1 Å². The molecule has 0 atom stereocenters. The normalized spacial score (nSPS) is 11.1. The molecule has 0 unspecified atom stereocenters. The van der Waals surface area contributed by atoms with E-state index in [1.807, 2.05) is 5.38 Å². The Bertz CT molecular complexity index is 487. The van der Waals surface area contributed by atoms with Crippen LogP contribution in [-0.4, -0.2) is 16.7 Å². The van der Waals surface area contributed by atoms with Crippen molar-refractivity contribution in [3.63, 3.8) is 0 Å². The molecule has 1 aromatic carbocycles. The summed E-state index contributed by atoms with van der Waals surface area (Å²) in [4.78, 5) is 4.51. The number of hydrogen-bond acceptors (Lipinski definition) is 3. The highest BCUT2D eigenvalue weighted by Crippen LogP contribution is 2.18. The van der Waals surface area contributed by atoms with Crippen molar-refractivity contribution < 1.29 is 5.11 Å². The second kappa shape index (κ2) is 6.12. The first-order chi connectivity index (χ1) is 8.69. The standard InChI is InChI=1S/C15H19NOS/c1-11(2)13-5-3-12(4-6-13)9-15-16-14(7-8-17)10-18-15/h3-6,10-11,17H,7-9H2,1-2H3. The highest BCUT2D eigenvalue weighted by molar-refractivity contribution is 7.09. The largest absolute Gasteiger partial charge is 0.396 e. The number of aliphatic hydroxyl groups is 1. The average molecular weight is 261 g/mol. The predicted molar refractivity (Wildman–Crippen MR) is 76.2 cm³/mol. The van der Waals surface area contributed by atoms with Crippen molar-refractivity contribution in [3.8, 4) is 0 Å². The monoisotopic (exact) mass is 261 g/mol. The first kappa shape index (κ1) is 13.2. The molecule has 2 nitrogen and oxygen atoms in total. The maximum Gasteiger partial charge on any atom is 0.0972 e. The van der Waals surface area contributed by atoms with Gasteiger partial charge < -0.3 is 5.11 Å². The SMILES string of the molecule is CC(C)c1ccc(Cc2nc(CCO)cs2)cc1. The summed E-state index contributed by atoms with van der Waals surface area (Å²) in [5.74, 6) is 0.579. The van der Waals surface area contributed by atoms with Crippen molar-refractivity contribution in [1.82, 2.24) is 4.98 Å². The molecule has 1 heterocycles. The molecule has 0 bridgehead atoms. The zero-order valence-corrected chi connectivity index (χ0v) is 11.7. The Morgan fingerprint density at radius 1 is 1.22 bits per heavy atom. The van der Waals surface area contributed by atoms with Crippen LogP contribution in [0.2, 0.25) is 0 Å². The third-order valence-electron chi connectivity index (χ3n) is 2.97. The number of rotatable bonds is 5. The van der Waals surface area contributed by atoms with Crippen molar-refractivity contribution >= 4 is 11.3 Å². The van der Waals surface area contributed by atoms with Crippen molar-refractivity contribution in [2.75, 3.05) is 6.61 Å². The maximum atomic E-state index is 8.87. The molecule has 2 rings (SSSR count). The van der Waals surface area contributed by atoms with E-state index in [4.69, 9.17) is 5.11 Å². The van der Waals surface area contributed by atoms with Crippen LogP contribution in [0.25, 0.3) is 0 Å². The molecule has 1 aromatic heterocycles. The van der Waals surface area contributed by atoms with E-state index >= 15 is 0 Å². The van der Waals surface area contributed by atoms with E-state index in [1.165, 1.54) is 11.1 Å². The molecule has 0 aliphatic heterocycles. The lowest BCUT2D eigenvalue weighted by Crippen LogP contribution is -1.93. The van der Waals surface area contributed by atoms with Crippen LogP contribution in [-0.2, 0) is 12.8 Å². The Labute approximate surface area is 112 Å². The Balaban J connectivity index is 2.03. The Morgan fingerprint density at radius 2 is 1.94 bits per heavy atom. The van der Waals surface area contributed by atoms with E-state index < -0.39 is 0 Å². The lowest BCUT2D eigenvalue weighted by Gasteiger charge is -2.05. The molecular weight excluding hydrogens is 242 g/mol. The molecule has 96 valence electrons. The van der Waals surface area contributed by atoms with Gasteiger partial charge in [0, 0.05) is 24.8 Å². The van der Waals surface area contributed by atoms with E-state index in [-0.39, 0.29) is 6.61 Å². The second-order valence-electron chi connectivity index (χ2n) is 4.78. The van der Waals surface area contributed by atoms with Crippen LogP contribution in [0.5, 0.6) is 0 Å². The second-order valence-corrected chi connectivity index (χ2v) is 5.72. The molecule has 0 fully saturated rings. The fourth-order valence-electron chi connectivity index (χ4n) is 1.85. The lowest BCUT2D eigenvalue weighted by molar-refractivity contribution is 0.298. The minimum absolute atomic E-state index is 0.173. The molecule has 0 saturated carbocycles. The van der Waals surface area contributed by atoms with Gasteiger partial charge in [0.2, 0.25) is 0 Å². The van der Waals surface area contributed by atoms with Gasteiger partial charge in [-0.05, 0) is 17.0 Å². The summed E-state index contributed by atoms with van der Waals surface area (Å²) in [6.07, 6.45) is 1.54. The van der Waals surface area contributed by atoms with Gasteiger partial charge in [-0.15, -0.1) is 11.3 Å². The predicted octanol–water partition coefficient (Wildman–Crippen LogP) is 3.39. The highest BCUT2D eigenvalue weighted by Gasteiger charge is 2.04. The van der Waals surface area contributed by atoms with E-state index in [2.05, 4.69) is 43.1 Å². The van der Waals surface area contributed by atoms with Gasteiger partial charge in [0.25, 0.3) is 0 Å². The van der Waals surface area contributed by atoms with Crippen LogP contribution in [0.4, 0.5) is 0 Å². The van der Waals surface area contributed by atoms with Crippen molar-refractivity contribution in [2.45, 2.75) is 32.6 Å². The van der Waals surface area contributed by atoms with Crippen molar-refractivity contribution in [3.05, 3.63) is 51.5 Å². The molecular formula is C15H19NOS. The summed E-state index contributed by atoms with van der Waals surface area (Å²) in [7, 11) is 0. The molecule has 0 aliphatic rings. The number of nitrogens with zero attached hydrogens (tertiary/aromatic N) is 1. The minimum atomic E-state index is 0.173. The van der Waals surface area contributed by atoms with Crippen LogP contribution in [0, 0.1) is 0 Å². The molecule has 18 heavy (non-hydrogen) atoms. The first-order valence-corrected chi connectivity index (χ1v) is 7.20. The zero-order chi connectivity index (χ0) is 13.0. The number of aliphatic hydroxyl groups excluding tert-OH is 1. The molecule has 0 radical (unpaired) electrons. The summed E-state index contributed by atoms with van der Waals surface area (Å²) in [6.45, 7) is 4.58. The summed E-state index contributed by atoms with van der Waals surface area (Å²) < 4.78 is 0.